The predicted octanol–water partition coefficient (Wildman–Crippen LogP) is 0.856. The Bertz CT molecular complexity index is 179. The summed E-state index contributed by atoms with van der Waals surface area (Å²) in [7, 11) is 1.42. The summed E-state index contributed by atoms with van der Waals surface area (Å²) in [5, 5.41) is 3.20. The topological polar surface area (TPSA) is 38.3 Å². The van der Waals surface area contributed by atoms with E-state index in [0.29, 0.717) is 6.04 Å². The monoisotopic (exact) mass is 169 g/mol. The fourth-order valence-corrected chi connectivity index (χ4v) is 1.53. The van der Waals surface area contributed by atoms with Crippen LogP contribution in [0.1, 0.15) is 19.3 Å². The van der Waals surface area contributed by atoms with E-state index < -0.39 is 0 Å². The minimum Gasteiger partial charge on any atom is -0.468 e. The molecule has 1 saturated heterocycles. The van der Waals surface area contributed by atoms with Crippen LogP contribution in [0.2, 0.25) is 0 Å². The molecule has 68 valence electrons. The summed E-state index contributed by atoms with van der Waals surface area (Å²) in [5.74, 6) is -0.151. The molecular weight excluding hydrogens is 154 g/mol. The maximum atomic E-state index is 11.1. The molecule has 0 aromatic heterocycles. The van der Waals surface area contributed by atoms with Crippen molar-refractivity contribution in [1.82, 2.24) is 5.32 Å². The molecule has 0 aromatic rings. The van der Waals surface area contributed by atoms with Gasteiger partial charge in [0.25, 0.3) is 0 Å². The maximum absolute atomic E-state index is 11.1. The molecule has 3 heteroatoms. The van der Waals surface area contributed by atoms with Crippen LogP contribution in [0.5, 0.6) is 0 Å². The van der Waals surface area contributed by atoms with Crippen LogP contribution < -0.4 is 5.32 Å². The largest absolute Gasteiger partial charge is 0.468 e. The van der Waals surface area contributed by atoms with Crippen LogP contribution in [0.3, 0.4) is 0 Å². The van der Waals surface area contributed by atoms with E-state index in [4.69, 9.17) is 0 Å². The lowest BCUT2D eigenvalue weighted by Crippen LogP contribution is -2.35. The van der Waals surface area contributed by atoms with Gasteiger partial charge in [-0.1, -0.05) is 6.08 Å². The second-order valence-corrected chi connectivity index (χ2v) is 3.04. The summed E-state index contributed by atoms with van der Waals surface area (Å²) in [6.07, 6.45) is 4.71. The van der Waals surface area contributed by atoms with Gasteiger partial charge in [0, 0.05) is 6.04 Å². The van der Waals surface area contributed by atoms with E-state index in [9.17, 15) is 4.79 Å². The van der Waals surface area contributed by atoms with Crippen LogP contribution in [0.15, 0.2) is 12.7 Å². The Kier molecular flexibility index (Phi) is 3.29. The van der Waals surface area contributed by atoms with Gasteiger partial charge in [0.2, 0.25) is 0 Å². The van der Waals surface area contributed by atoms with Crippen molar-refractivity contribution >= 4 is 5.97 Å². The quantitative estimate of drug-likeness (QED) is 0.503. The number of esters is 1. The van der Waals surface area contributed by atoms with E-state index in [1.807, 2.05) is 6.08 Å². The van der Waals surface area contributed by atoms with Crippen LogP contribution in [0.4, 0.5) is 0 Å². The highest BCUT2D eigenvalue weighted by Crippen LogP contribution is 2.15. The van der Waals surface area contributed by atoms with E-state index in [-0.39, 0.29) is 12.0 Å². The third-order valence-corrected chi connectivity index (χ3v) is 2.18. The van der Waals surface area contributed by atoms with Gasteiger partial charge in [0.1, 0.15) is 6.04 Å². The number of methoxy groups -OCH3 is 1. The summed E-state index contributed by atoms with van der Waals surface area (Å²) in [6, 6.07) is 0.312. The van der Waals surface area contributed by atoms with E-state index in [2.05, 4.69) is 16.6 Å². The third kappa shape index (κ3) is 2.08. The fourth-order valence-electron chi connectivity index (χ4n) is 1.53. The molecule has 0 spiro atoms. The first kappa shape index (κ1) is 9.26. The zero-order valence-corrected chi connectivity index (χ0v) is 7.38. The smallest absolute Gasteiger partial charge is 0.322 e. The van der Waals surface area contributed by atoms with Gasteiger partial charge in [0.15, 0.2) is 0 Å². The highest BCUT2D eigenvalue weighted by Gasteiger charge is 2.28. The van der Waals surface area contributed by atoms with Gasteiger partial charge in [-0.05, 0) is 19.3 Å². The lowest BCUT2D eigenvalue weighted by molar-refractivity contribution is -0.142. The van der Waals surface area contributed by atoms with E-state index in [1.165, 1.54) is 7.11 Å². The van der Waals surface area contributed by atoms with Crippen LogP contribution in [0.25, 0.3) is 0 Å². The summed E-state index contributed by atoms with van der Waals surface area (Å²) in [6.45, 7) is 3.66. The van der Waals surface area contributed by atoms with Crippen LogP contribution in [-0.4, -0.2) is 25.2 Å². The molecule has 12 heavy (non-hydrogen) atoms. The Hall–Kier alpha value is -0.830. The van der Waals surface area contributed by atoms with Gasteiger partial charge >= 0.3 is 5.97 Å². The second-order valence-electron chi connectivity index (χ2n) is 3.04. The number of hydrogen-bond donors (Lipinski definition) is 1. The Morgan fingerprint density at radius 3 is 3.08 bits per heavy atom. The normalized spacial score (nSPS) is 28.4. The molecule has 0 bridgehead atoms. The van der Waals surface area contributed by atoms with Gasteiger partial charge in [-0.2, -0.15) is 0 Å². The van der Waals surface area contributed by atoms with Crippen molar-refractivity contribution in [2.75, 3.05) is 7.11 Å². The highest BCUT2D eigenvalue weighted by atomic mass is 16.5. The number of nitrogens with one attached hydrogen (secondary N) is 1. The molecule has 1 N–H and O–H groups in total. The molecule has 3 nitrogen and oxygen atoms in total. The first-order valence-electron chi connectivity index (χ1n) is 4.22. The lowest BCUT2D eigenvalue weighted by atomic mass is 10.1. The van der Waals surface area contributed by atoms with Crippen molar-refractivity contribution in [3.05, 3.63) is 12.7 Å². The van der Waals surface area contributed by atoms with Crippen molar-refractivity contribution in [2.24, 2.45) is 0 Å². The second kappa shape index (κ2) is 4.26. The van der Waals surface area contributed by atoms with Gasteiger partial charge in [-0.3, -0.25) is 4.79 Å². The third-order valence-electron chi connectivity index (χ3n) is 2.18. The molecule has 1 aliphatic heterocycles. The van der Waals surface area contributed by atoms with Gasteiger partial charge in [-0.25, -0.2) is 0 Å². The van der Waals surface area contributed by atoms with Gasteiger partial charge in [-0.15, -0.1) is 6.58 Å². The number of hydrogen-bond acceptors (Lipinski definition) is 3. The molecule has 0 saturated carbocycles. The van der Waals surface area contributed by atoms with Crippen molar-refractivity contribution in [3.8, 4) is 0 Å². The molecule has 2 atom stereocenters. The van der Waals surface area contributed by atoms with Crippen molar-refractivity contribution in [2.45, 2.75) is 31.3 Å². The fraction of sp³-hybridized carbons (Fsp3) is 0.667. The number of rotatable bonds is 3. The van der Waals surface area contributed by atoms with E-state index >= 15 is 0 Å². The molecule has 1 heterocycles. The SMILES string of the molecule is C=CC[C@H]1CC[C@@H](C(=O)OC)N1. The zero-order chi connectivity index (χ0) is 8.97. The molecular formula is C9H15NO2. The highest BCUT2D eigenvalue weighted by molar-refractivity contribution is 5.76. The first-order chi connectivity index (χ1) is 5.77. The molecule has 0 amide bonds. The molecule has 1 fully saturated rings. The molecule has 0 radical (unpaired) electrons. The van der Waals surface area contributed by atoms with Crippen LogP contribution in [-0.2, 0) is 9.53 Å². The van der Waals surface area contributed by atoms with Crippen molar-refractivity contribution in [1.29, 1.82) is 0 Å². The average Bonchev–Trinajstić information content (AvgIpc) is 2.52. The predicted molar refractivity (Wildman–Crippen MR) is 46.8 cm³/mol. The summed E-state index contributed by atoms with van der Waals surface area (Å²) in [4.78, 5) is 11.1. The van der Waals surface area contributed by atoms with Crippen molar-refractivity contribution < 1.29 is 9.53 Å². The number of carbonyl (C=O) groups is 1. The van der Waals surface area contributed by atoms with E-state index in [0.717, 1.165) is 19.3 Å². The van der Waals surface area contributed by atoms with Gasteiger partial charge in [0.05, 0.1) is 7.11 Å². The Labute approximate surface area is 72.8 Å². The summed E-state index contributed by atoms with van der Waals surface area (Å²) < 4.78 is 4.63. The maximum Gasteiger partial charge on any atom is 0.322 e. The average molecular weight is 169 g/mol. The molecule has 0 aromatic carbocycles. The number of carbonyl (C=O) groups excluding carboxylic acids is 1. The Morgan fingerprint density at radius 2 is 2.50 bits per heavy atom. The molecule has 0 aliphatic carbocycles. The molecule has 1 aliphatic rings. The van der Waals surface area contributed by atoms with Crippen LogP contribution in [0, 0.1) is 0 Å². The van der Waals surface area contributed by atoms with Crippen molar-refractivity contribution in [3.63, 3.8) is 0 Å². The van der Waals surface area contributed by atoms with Gasteiger partial charge < -0.3 is 10.1 Å². The first-order valence-corrected chi connectivity index (χ1v) is 4.22. The summed E-state index contributed by atoms with van der Waals surface area (Å²) >= 11 is 0. The lowest BCUT2D eigenvalue weighted by Gasteiger charge is -2.10. The van der Waals surface area contributed by atoms with Crippen LogP contribution >= 0.6 is 0 Å². The van der Waals surface area contributed by atoms with E-state index in [1.54, 1.807) is 0 Å². The molecule has 0 unspecified atom stereocenters. The summed E-state index contributed by atoms with van der Waals surface area (Å²) in [5.41, 5.74) is 0. The Balaban J connectivity index is 2.34. The zero-order valence-electron chi connectivity index (χ0n) is 7.38. The Morgan fingerprint density at radius 1 is 1.75 bits per heavy atom. The molecule has 1 rings (SSSR count). The minimum absolute atomic E-state index is 0.0973. The number of ether oxygens (including phenoxy) is 1. The minimum atomic E-state index is -0.151. The standard InChI is InChI=1S/C9H15NO2/c1-3-4-7-5-6-8(10-7)9(11)12-2/h3,7-8,10H,1,4-6H2,2H3/t7-,8-/m0/s1.